The maximum atomic E-state index is 12.9. The van der Waals surface area contributed by atoms with Crippen molar-refractivity contribution < 1.29 is 17.9 Å². The van der Waals surface area contributed by atoms with Gasteiger partial charge in [-0.3, -0.25) is 9.78 Å². The van der Waals surface area contributed by atoms with Crippen molar-refractivity contribution in [2.75, 3.05) is 25.0 Å². The summed E-state index contributed by atoms with van der Waals surface area (Å²) in [6.07, 6.45) is 6.96. The molecule has 1 aromatic heterocycles. The number of rotatable bonds is 6. The zero-order valence-electron chi connectivity index (χ0n) is 15.1. The molecule has 0 aliphatic carbocycles. The van der Waals surface area contributed by atoms with Crippen molar-refractivity contribution in [3.8, 4) is 5.75 Å². The van der Waals surface area contributed by atoms with E-state index in [-0.39, 0.29) is 16.3 Å². The highest BCUT2D eigenvalue weighted by molar-refractivity contribution is 7.89. The minimum absolute atomic E-state index is 0.127. The number of nitrogens with zero attached hydrogens (tertiary/aromatic N) is 3. The van der Waals surface area contributed by atoms with Crippen LogP contribution in [0.5, 0.6) is 5.75 Å². The molecule has 1 fully saturated rings. The molecule has 8 nitrogen and oxygen atoms in total. The molecule has 0 atom stereocenters. The van der Waals surface area contributed by atoms with Crippen LogP contribution in [-0.4, -0.2) is 48.3 Å². The molecule has 0 spiro atoms. The van der Waals surface area contributed by atoms with E-state index >= 15 is 0 Å². The summed E-state index contributed by atoms with van der Waals surface area (Å²) in [6.45, 7) is 3.21. The molecule has 0 bridgehead atoms. The number of carbonyl (C=O) groups excluding carboxylic acids is 1. The highest BCUT2D eigenvalue weighted by atomic mass is 32.2. The average molecular weight is 390 g/mol. The van der Waals surface area contributed by atoms with E-state index in [0.29, 0.717) is 25.4 Å². The first-order chi connectivity index (χ1) is 13.0. The van der Waals surface area contributed by atoms with Crippen molar-refractivity contribution in [2.45, 2.75) is 31.1 Å². The van der Waals surface area contributed by atoms with Crippen LogP contribution in [0, 0.1) is 0 Å². The SMILES string of the molecule is CCOc1ccc(S(=O)(=O)N2CCCCC2)cc1NC(=O)c1cnccn1. The first-order valence-electron chi connectivity index (χ1n) is 8.86. The summed E-state index contributed by atoms with van der Waals surface area (Å²) < 4.78 is 32.8. The van der Waals surface area contributed by atoms with E-state index in [2.05, 4.69) is 15.3 Å². The standard InChI is InChI=1S/C18H22N4O4S/c1-2-26-17-7-6-14(27(24,25)22-10-4-3-5-11-22)12-15(17)21-18(23)16-13-19-8-9-20-16/h6-9,12-13H,2-5,10-11H2,1H3,(H,21,23). The Morgan fingerprint density at radius 3 is 2.67 bits per heavy atom. The predicted molar refractivity (Wildman–Crippen MR) is 100 cm³/mol. The number of ether oxygens (including phenoxy) is 1. The normalized spacial score (nSPS) is 15.3. The molecule has 1 aliphatic rings. The lowest BCUT2D eigenvalue weighted by atomic mass is 10.2. The van der Waals surface area contributed by atoms with Gasteiger partial charge in [-0.2, -0.15) is 4.31 Å². The molecule has 2 heterocycles. The Morgan fingerprint density at radius 1 is 1.22 bits per heavy atom. The first-order valence-corrected chi connectivity index (χ1v) is 10.3. The van der Waals surface area contributed by atoms with E-state index in [1.165, 1.54) is 35.0 Å². The fraction of sp³-hybridized carbons (Fsp3) is 0.389. The van der Waals surface area contributed by atoms with Crippen molar-refractivity contribution in [1.29, 1.82) is 0 Å². The summed E-state index contributed by atoms with van der Waals surface area (Å²) in [5, 5.41) is 2.68. The second-order valence-corrected chi connectivity index (χ2v) is 8.04. The first kappa shape index (κ1) is 19.2. The largest absolute Gasteiger partial charge is 0.492 e. The minimum Gasteiger partial charge on any atom is -0.492 e. The Bertz CT molecular complexity index is 897. The molecule has 0 unspecified atom stereocenters. The van der Waals surface area contributed by atoms with Gasteiger partial charge in [0, 0.05) is 25.5 Å². The predicted octanol–water partition coefficient (Wildman–Crippen LogP) is 2.30. The Morgan fingerprint density at radius 2 is 2.00 bits per heavy atom. The number of carbonyl (C=O) groups is 1. The van der Waals surface area contributed by atoms with E-state index in [1.54, 1.807) is 6.07 Å². The van der Waals surface area contributed by atoms with Gasteiger partial charge in [-0.15, -0.1) is 0 Å². The van der Waals surface area contributed by atoms with Crippen LogP contribution < -0.4 is 10.1 Å². The van der Waals surface area contributed by atoms with Gasteiger partial charge < -0.3 is 10.1 Å². The fourth-order valence-corrected chi connectivity index (χ4v) is 4.45. The van der Waals surface area contributed by atoms with Gasteiger partial charge >= 0.3 is 0 Å². The Balaban J connectivity index is 1.91. The number of sulfonamides is 1. The molecule has 2 aromatic rings. The second-order valence-electron chi connectivity index (χ2n) is 6.10. The number of benzene rings is 1. The number of amides is 1. The molecule has 144 valence electrons. The average Bonchev–Trinajstić information content (AvgIpc) is 2.70. The third-order valence-corrected chi connectivity index (χ3v) is 6.14. The van der Waals surface area contributed by atoms with Gasteiger partial charge in [0.25, 0.3) is 5.91 Å². The second kappa shape index (κ2) is 8.45. The zero-order chi connectivity index (χ0) is 19.3. The molecule has 1 N–H and O–H groups in total. The number of piperidine rings is 1. The molecule has 1 saturated heterocycles. The number of nitrogens with one attached hydrogen (secondary N) is 1. The van der Waals surface area contributed by atoms with Crippen LogP contribution in [0.1, 0.15) is 36.7 Å². The number of hydrogen-bond acceptors (Lipinski definition) is 6. The molecule has 9 heteroatoms. The number of anilines is 1. The van der Waals surface area contributed by atoms with Gasteiger partial charge in [0.15, 0.2) is 0 Å². The van der Waals surface area contributed by atoms with Crippen molar-refractivity contribution in [3.63, 3.8) is 0 Å². The van der Waals surface area contributed by atoms with Crippen LogP contribution in [0.25, 0.3) is 0 Å². The molecular formula is C18H22N4O4S. The molecule has 3 rings (SSSR count). The maximum absolute atomic E-state index is 12.9. The smallest absolute Gasteiger partial charge is 0.275 e. The van der Waals surface area contributed by atoms with Crippen molar-refractivity contribution >= 4 is 21.6 Å². The van der Waals surface area contributed by atoms with E-state index in [4.69, 9.17) is 4.74 Å². The van der Waals surface area contributed by atoms with Crippen LogP contribution >= 0.6 is 0 Å². The molecule has 1 aromatic carbocycles. The quantitative estimate of drug-likeness (QED) is 0.812. The molecule has 1 amide bonds. The minimum atomic E-state index is -3.62. The van der Waals surface area contributed by atoms with Crippen molar-refractivity contribution in [1.82, 2.24) is 14.3 Å². The molecule has 27 heavy (non-hydrogen) atoms. The molecule has 1 aliphatic heterocycles. The zero-order valence-corrected chi connectivity index (χ0v) is 15.9. The van der Waals surface area contributed by atoms with Gasteiger partial charge in [0.2, 0.25) is 10.0 Å². The van der Waals surface area contributed by atoms with Gasteiger partial charge in [-0.1, -0.05) is 6.42 Å². The summed E-state index contributed by atoms with van der Waals surface area (Å²) in [4.78, 5) is 20.4. The fourth-order valence-electron chi connectivity index (χ4n) is 2.91. The highest BCUT2D eigenvalue weighted by Crippen LogP contribution is 2.30. The monoisotopic (exact) mass is 390 g/mol. The highest BCUT2D eigenvalue weighted by Gasteiger charge is 2.27. The maximum Gasteiger partial charge on any atom is 0.275 e. The summed E-state index contributed by atoms with van der Waals surface area (Å²) in [5.74, 6) is -0.0936. The van der Waals surface area contributed by atoms with Crippen LogP contribution in [0.15, 0.2) is 41.7 Å². The van der Waals surface area contributed by atoms with Crippen LogP contribution in [0.2, 0.25) is 0 Å². The number of hydrogen-bond donors (Lipinski definition) is 1. The van der Waals surface area contributed by atoms with Gasteiger partial charge in [-0.25, -0.2) is 13.4 Å². The molecule has 0 radical (unpaired) electrons. The molecule has 0 saturated carbocycles. The molecular weight excluding hydrogens is 368 g/mol. The van der Waals surface area contributed by atoms with Crippen LogP contribution in [-0.2, 0) is 10.0 Å². The van der Waals surface area contributed by atoms with E-state index in [9.17, 15) is 13.2 Å². The summed E-state index contributed by atoms with van der Waals surface area (Å²) in [5.41, 5.74) is 0.412. The van der Waals surface area contributed by atoms with E-state index in [1.807, 2.05) is 6.92 Å². The van der Waals surface area contributed by atoms with Crippen molar-refractivity contribution in [3.05, 3.63) is 42.5 Å². The van der Waals surface area contributed by atoms with Gasteiger partial charge in [-0.05, 0) is 38.0 Å². The third-order valence-electron chi connectivity index (χ3n) is 4.25. The Hall–Kier alpha value is -2.52. The number of aromatic nitrogens is 2. The van der Waals surface area contributed by atoms with E-state index < -0.39 is 15.9 Å². The Kier molecular flexibility index (Phi) is 6.02. The van der Waals surface area contributed by atoms with Crippen LogP contribution in [0.4, 0.5) is 5.69 Å². The van der Waals surface area contributed by atoms with E-state index in [0.717, 1.165) is 19.3 Å². The summed E-state index contributed by atoms with van der Waals surface area (Å²) in [7, 11) is -3.62. The topological polar surface area (TPSA) is 101 Å². The summed E-state index contributed by atoms with van der Waals surface area (Å²) in [6, 6.07) is 4.50. The third kappa shape index (κ3) is 4.42. The lowest BCUT2D eigenvalue weighted by Crippen LogP contribution is -2.35. The lowest BCUT2D eigenvalue weighted by molar-refractivity contribution is 0.102. The summed E-state index contributed by atoms with van der Waals surface area (Å²) >= 11 is 0. The van der Waals surface area contributed by atoms with Crippen LogP contribution in [0.3, 0.4) is 0 Å². The lowest BCUT2D eigenvalue weighted by Gasteiger charge is -2.26. The van der Waals surface area contributed by atoms with Gasteiger partial charge in [0.1, 0.15) is 11.4 Å². The van der Waals surface area contributed by atoms with Crippen molar-refractivity contribution in [2.24, 2.45) is 0 Å². The van der Waals surface area contributed by atoms with Gasteiger partial charge in [0.05, 0.1) is 23.4 Å². The Labute approximate surface area is 158 Å².